The summed E-state index contributed by atoms with van der Waals surface area (Å²) in [6.07, 6.45) is 12.5. The summed E-state index contributed by atoms with van der Waals surface area (Å²) in [5.74, 6) is 1.22. The van der Waals surface area contributed by atoms with Gasteiger partial charge in [-0.1, -0.05) is 33.4 Å². The maximum Gasteiger partial charge on any atom is 0.268 e. The highest BCUT2D eigenvalue weighted by molar-refractivity contribution is 5.35. The smallest absolute Gasteiger partial charge is 0.268 e. The van der Waals surface area contributed by atoms with Gasteiger partial charge in [-0.3, -0.25) is 0 Å². The van der Waals surface area contributed by atoms with Crippen molar-refractivity contribution in [3.8, 4) is 5.75 Å². The number of fused-ring (bicyclic) bond motifs is 1. The van der Waals surface area contributed by atoms with Crippen molar-refractivity contribution < 1.29 is 24.1 Å². The normalized spacial score (nSPS) is 15.4. The van der Waals surface area contributed by atoms with Crippen LogP contribution in [-0.4, -0.2) is 55.9 Å². The molecule has 0 radical (unpaired) electrons. The number of hydrogen-bond acceptors (Lipinski definition) is 6. The second-order valence-corrected chi connectivity index (χ2v) is 8.66. The van der Waals surface area contributed by atoms with Crippen LogP contribution in [-0.2, 0) is 4.74 Å². The first-order valence-electron chi connectivity index (χ1n) is 13.3. The van der Waals surface area contributed by atoms with E-state index in [9.17, 15) is 5.11 Å². The van der Waals surface area contributed by atoms with Crippen LogP contribution in [0.3, 0.4) is 0 Å². The van der Waals surface area contributed by atoms with Crippen molar-refractivity contribution >= 4 is 0 Å². The first-order valence-corrected chi connectivity index (χ1v) is 13.3. The monoisotopic (exact) mass is 488 g/mol. The molecule has 2 rings (SSSR count). The van der Waals surface area contributed by atoms with Gasteiger partial charge >= 0.3 is 0 Å². The summed E-state index contributed by atoms with van der Waals surface area (Å²) in [6.45, 7) is 17.1. The summed E-state index contributed by atoms with van der Waals surface area (Å²) < 4.78 is 13.1. The maximum atomic E-state index is 10.8. The van der Waals surface area contributed by atoms with Gasteiger partial charge in [0.1, 0.15) is 0 Å². The molecule has 7 nitrogen and oxygen atoms in total. The van der Waals surface area contributed by atoms with Crippen molar-refractivity contribution in [2.45, 2.75) is 65.4 Å². The fourth-order valence-electron chi connectivity index (χ4n) is 3.95. The third-order valence-corrected chi connectivity index (χ3v) is 6.16. The Labute approximate surface area is 212 Å². The molecule has 0 saturated carbocycles. The Hall–Kier alpha value is -2.35. The topological polar surface area (TPSA) is 67.1 Å². The number of aliphatic hydroxyl groups is 1. The molecule has 0 aromatic carbocycles. The lowest BCUT2D eigenvalue weighted by molar-refractivity contribution is -0.889. The Morgan fingerprint density at radius 3 is 2.60 bits per heavy atom. The van der Waals surface area contributed by atoms with Crippen molar-refractivity contribution in [2.24, 2.45) is 0 Å². The average molecular weight is 489 g/mol. The molecular weight excluding hydrogens is 442 g/mol. The Balaban J connectivity index is 1.82. The largest absolute Gasteiger partial charge is 0.501 e. The van der Waals surface area contributed by atoms with E-state index in [1.807, 2.05) is 12.1 Å². The molecule has 1 aliphatic rings. The molecule has 0 amide bonds. The van der Waals surface area contributed by atoms with Gasteiger partial charge in [-0.15, -0.1) is 0 Å². The van der Waals surface area contributed by atoms with E-state index in [4.69, 9.17) is 14.3 Å². The fourth-order valence-corrected chi connectivity index (χ4v) is 3.95. The number of nitrogens with zero attached hydrogens (tertiary/aromatic N) is 2. The van der Waals surface area contributed by atoms with Crippen LogP contribution in [0.5, 0.6) is 5.75 Å². The predicted molar refractivity (Wildman–Crippen MR) is 140 cm³/mol. The maximum absolute atomic E-state index is 10.8. The van der Waals surface area contributed by atoms with E-state index in [-0.39, 0.29) is 0 Å². The molecule has 0 spiro atoms. The lowest BCUT2D eigenvalue weighted by Crippen LogP contribution is -2.49. The molecule has 1 atom stereocenters. The zero-order valence-corrected chi connectivity index (χ0v) is 22.0. The number of aromatic nitrogens is 1. The SMILES string of the molecule is C=CC1=C(C=COCCCCCNCC)O[n+]2cc(OCCCCCN(CC)CC)ccc2C1O. The fraction of sp³-hybridized carbons (Fsp3) is 0.607. The molecule has 1 aromatic heterocycles. The minimum Gasteiger partial charge on any atom is -0.501 e. The minimum atomic E-state index is -0.832. The number of pyridine rings is 1. The third kappa shape index (κ3) is 10.0. The molecule has 1 aliphatic heterocycles. The Morgan fingerprint density at radius 1 is 1.09 bits per heavy atom. The van der Waals surface area contributed by atoms with Crippen LogP contribution >= 0.6 is 0 Å². The van der Waals surface area contributed by atoms with Crippen LogP contribution in [0.25, 0.3) is 0 Å². The van der Waals surface area contributed by atoms with Gasteiger partial charge in [0.2, 0.25) is 5.76 Å². The average Bonchev–Trinajstić information content (AvgIpc) is 2.87. The Morgan fingerprint density at radius 2 is 1.86 bits per heavy atom. The van der Waals surface area contributed by atoms with Crippen LogP contribution in [0.4, 0.5) is 0 Å². The van der Waals surface area contributed by atoms with Crippen molar-refractivity contribution in [1.29, 1.82) is 0 Å². The number of rotatable bonds is 19. The van der Waals surface area contributed by atoms with Gasteiger partial charge in [-0.2, -0.15) is 0 Å². The quantitative estimate of drug-likeness (QED) is 0.174. The van der Waals surface area contributed by atoms with Crippen LogP contribution in [0.2, 0.25) is 0 Å². The molecule has 7 heteroatoms. The molecule has 0 aliphatic carbocycles. The van der Waals surface area contributed by atoms with Crippen LogP contribution < -0.4 is 19.6 Å². The van der Waals surface area contributed by atoms with Gasteiger partial charge in [0, 0.05) is 22.4 Å². The van der Waals surface area contributed by atoms with E-state index >= 15 is 0 Å². The number of unbranched alkanes of at least 4 members (excludes halogenated alkanes) is 4. The Bertz CT molecular complexity index is 805. The third-order valence-electron chi connectivity index (χ3n) is 6.16. The van der Waals surface area contributed by atoms with E-state index in [0.29, 0.717) is 36.0 Å². The molecule has 2 heterocycles. The van der Waals surface area contributed by atoms with Crippen molar-refractivity contribution in [3.05, 3.63) is 60.3 Å². The number of hydrogen-bond donors (Lipinski definition) is 2. The highest BCUT2D eigenvalue weighted by Gasteiger charge is 2.33. The number of aliphatic hydroxyl groups excluding tert-OH is 1. The highest BCUT2D eigenvalue weighted by atomic mass is 16.7. The van der Waals surface area contributed by atoms with Gasteiger partial charge in [-0.05, 0) is 77.3 Å². The van der Waals surface area contributed by atoms with E-state index in [2.05, 4.69) is 37.6 Å². The highest BCUT2D eigenvalue weighted by Crippen LogP contribution is 2.27. The summed E-state index contributed by atoms with van der Waals surface area (Å²) in [4.78, 5) is 8.46. The van der Waals surface area contributed by atoms with E-state index in [1.54, 1.807) is 29.3 Å². The predicted octanol–water partition coefficient (Wildman–Crippen LogP) is 4.09. The zero-order valence-electron chi connectivity index (χ0n) is 22.0. The van der Waals surface area contributed by atoms with Gasteiger partial charge in [0.05, 0.1) is 19.5 Å². The molecule has 2 N–H and O–H groups in total. The molecule has 35 heavy (non-hydrogen) atoms. The summed E-state index contributed by atoms with van der Waals surface area (Å²) in [5.41, 5.74) is 1.24. The molecule has 0 saturated heterocycles. The summed E-state index contributed by atoms with van der Waals surface area (Å²) in [6, 6.07) is 3.70. The second kappa shape index (κ2) is 17.1. The van der Waals surface area contributed by atoms with Gasteiger partial charge in [-0.25, -0.2) is 4.84 Å². The molecular formula is C28H46N3O4+. The number of ether oxygens (including phenoxy) is 2. The van der Waals surface area contributed by atoms with Gasteiger partial charge < -0.3 is 24.8 Å². The van der Waals surface area contributed by atoms with Crippen molar-refractivity contribution in [3.63, 3.8) is 0 Å². The van der Waals surface area contributed by atoms with Crippen molar-refractivity contribution in [2.75, 3.05) is 45.9 Å². The van der Waals surface area contributed by atoms with Crippen LogP contribution in [0.15, 0.2) is 54.7 Å². The van der Waals surface area contributed by atoms with Gasteiger partial charge in [0.15, 0.2) is 11.9 Å². The first kappa shape index (κ1) is 28.9. The second-order valence-electron chi connectivity index (χ2n) is 8.66. The summed E-state index contributed by atoms with van der Waals surface area (Å²) in [7, 11) is 0. The molecule has 1 aromatic rings. The zero-order chi connectivity index (χ0) is 25.3. The standard InChI is InChI=1S/C28H46N3O4/c1-5-25-27(17-22-33-20-13-9-11-18-29-6-2)35-31-23-24(15-16-26(31)28(25)32)34-21-14-10-12-19-30(7-3)8-4/h5,15-17,22-23,28-29,32H,1,6-14,18-21H2,2-4H3/q+1. The van der Waals surface area contributed by atoms with Crippen LogP contribution in [0, 0.1) is 0 Å². The molecule has 0 bridgehead atoms. The molecule has 0 fully saturated rings. The van der Waals surface area contributed by atoms with Crippen LogP contribution in [0.1, 0.15) is 71.1 Å². The minimum absolute atomic E-state index is 0.505. The Kier molecular flexibility index (Phi) is 14.1. The van der Waals surface area contributed by atoms with Crippen molar-refractivity contribution in [1.82, 2.24) is 10.2 Å². The number of allylic oxidation sites excluding steroid dienone is 1. The lowest BCUT2D eigenvalue weighted by atomic mass is 10.0. The van der Waals surface area contributed by atoms with Gasteiger partial charge in [0.25, 0.3) is 11.9 Å². The van der Waals surface area contributed by atoms with E-state index < -0.39 is 6.10 Å². The summed E-state index contributed by atoms with van der Waals surface area (Å²) in [5, 5.41) is 14.2. The van der Waals surface area contributed by atoms with E-state index in [0.717, 1.165) is 64.8 Å². The first-order chi connectivity index (χ1) is 17.1. The summed E-state index contributed by atoms with van der Waals surface area (Å²) >= 11 is 0. The lowest BCUT2D eigenvalue weighted by Gasteiger charge is -2.18. The molecule has 1 unspecified atom stereocenters. The van der Waals surface area contributed by atoms with E-state index in [1.165, 1.54) is 6.42 Å². The number of nitrogens with one attached hydrogen (secondary N) is 1. The molecule has 196 valence electrons.